The Bertz CT molecular complexity index is 645. The van der Waals surface area contributed by atoms with E-state index in [9.17, 15) is 22.0 Å². The van der Waals surface area contributed by atoms with Crippen LogP contribution in [-0.4, -0.2) is 22.9 Å². The van der Waals surface area contributed by atoms with Crippen molar-refractivity contribution in [1.29, 1.82) is 0 Å². The van der Waals surface area contributed by atoms with Crippen LogP contribution < -0.4 is 5.32 Å². The van der Waals surface area contributed by atoms with Crippen LogP contribution in [0.2, 0.25) is 0 Å². The van der Waals surface area contributed by atoms with E-state index in [1.54, 1.807) is 0 Å². The van der Waals surface area contributed by atoms with Crippen LogP contribution >= 0.6 is 0 Å². The normalized spacial score (nSPS) is 12.1. The van der Waals surface area contributed by atoms with Crippen LogP contribution in [0.5, 0.6) is 0 Å². The Labute approximate surface area is 117 Å². The predicted octanol–water partition coefficient (Wildman–Crippen LogP) is 3.95. The van der Waals surface area contributed by atoms with Crippen LogP contribution in [0.3, 0.4) is 0 Å². The molecule has 0 bridgehead atoms. The lowest BCUT2D eigenvalue weighted by Crippen LogP contribution is -2.27. The van der Waals surface area contributed by atoms with E-state index < -0.39 is 24.0 Å². The quantitative estimate of drug-likeness (QED) is 0.850. The van der Waals surface area contributed by atoms with Gasteiger partial charge in [-0.25, -0.2) is 23.1 Å². The fraction of sp³-hybridized carbons (Fsp3) is 0.385. The highest BCUT2D eigenvalue weighted by Crippen LogP contribution is 2.34. The van der Waals surface area contributed by atoms with E-state index in [1.165, 1.54) is 0 Å². The molecule has 21 heavy (non-hydrogen) atoms. The summed E-state index contributed by atoms with van der Waals surface area (Å²) in [5, 5.41) is 2.88. The molecule has 1 N–H and O–H groups in total. The number of anilines is 1. The highest BCUT2D eigenvalue weighted by atomic mass is 19.3. The predicted molar refractivity (Wildman–Crippen MR) is 68.2 cm³/mol. The summed E-state index contributed by atoms with van der Waals surface area (Å²) in [7, 11) is 0. The number of nitrogens with zero attached hydrogens (tertiary/aromatic N) is 2. The molecule has 0 saturated heterocycles. The van der Waals surface area contributed by atoms with Gasteiger partial charge in [0.2, 0.25) is 5.82 Å². The molecule has 0 aliphatic heterocycles. The van der Waals surface area contributed by atoms with Crippen molar-refractivity contribution in [2.45, 2.75) is 25.7 Å². The van der Waals surface area contributed by atoms with Crippen LogP contribution in [0, 0.1) is 5.82 Å². The monoisotopic (exact) mass is 305 g/mol. The molecular formula is C13H12F5N3. The summed E-state index contributed by atoms with van der Waals surface area (Å²) in [6.45, 7) is 2.20. The first kappa shape index (κ1) is 15.4. The molecule has 8 heteroatoms. The lowest BCUT2D eigenvalue weighted by molar-refractivity contribution is -0.140. The number of hydrogen-bond acceptors (Lipinski definition) is 3. The first-order chi connectivity index (χ1) is 9.86. The Balaban J connectivity index is 2.62. The average Bonchev–Trinajstić information content (AvgIpc) is 2.44. The van der Waals surface area contributed by atoms with Gasteiger partial charge in [-0.05, 0) is 24.6 Å². The first-order valence-corrected chi connectivity index (χ1v) is 6.24. The third-order valence-electron chi connectivity index (χ3n) is 2.77. The van der Waals surface area contributed by atoms with Crippen LogP contribution in [0.4, 0.5) is 27.8 Å². The molecule has 2 aromatic rings. The van der Waals surface area contributed by atoms with Gasteiger partial charge in [-0.1, -0.05) is 6.92 Å². The van der Waals surface area contributed by atoms with Crippen molar-refractivity contribution in [3.63, 3.8) is 0 Å². The number of hydrogen-bond donors (Lipinski definition) is 1. The number of rotatable bonds is 5. The van der Waals surface area contributed by atoms with Crippen molar-refractivity contribution in [2.24, 2.45) is 0 Å². The van der Waals surface area contributed by atoms with Gasteiger partial charge in [0.1, 0.15) is 11.6 Å². The molecule has 0 fully saturated rings. The summed E-state index contributed by atoms with van der Waals surface area (Å²) < 4.78 is 64.9. The van der Waals surface area contributed by atoms with Crippen molar-refractivity contribution in [3.8, 4) is 0 Å². The van der Waals surface area contributed by atoms with E-state index in [-0.39, 0.29) is 16.7 Å². The molecule has 0 radical (unpaired) electrons. The summed E-state index contributed by atoms with van der Waals surface area (Å²) in [5.41, 5.74) is -0.0275. The minimum absolute atomic E-state index is 0.0275. The molecule has 0 aliphatic carbocycles. The van der Waals surface area contributed by atoms with Gasteiger partial charge in [0.05, 0.1) is 5.52 Å². The standard InChI is InChI=1S/C13H12F5N3/c1-2-5-19-10-8-6-7(14)3-4-9(8)20-12(21-10)13(17,18)11(15)16/h3-4,6,11H,2,5H2,1H3,(H,19,20,21). The molecule has 0 spiro atoms. The molecule has 114 valence electrons. The highest BCUT2D eigenvalue weighted by molar-refractivity contribution is 5.89. The lowest BCUT2D eigenvalue weighted by Gasteiger charge is -2.16. The van der Waals surface area contributed by atoms with E-state index in [0.29, 0.717) is 13.0 Å². The molecule has 0 unspecified atom stereocenters. The summed E-state index contributed by atoms with van der Waals surface area (Å²) in [4.78, 5) is 6.88. The molecule has 0 atom stereocenters. The fourth-order valence-electron chi connectivity index (χ4n) is 1.73. The second kappa shape index (κ2) is 5.79. The van der Waals surface area contributed by atoms with Gasteiger partial charge in [0.15, 0.2) is 0 Å². The SMILES string of the molecule is CCCNc1nc(C(F)(F)C(F)F)nc2ccc(F)cc12. The Morgan fingerprint density at radius 1 is 1.24 bits per heavy atom. The molecule has 0 amide bonds. The lowest BCUT2D eigenvalue weighted by atomic mass is 10.2. The van der Waals surface area contributed by atoms with Crippen molar-refractivity contribution in [3.05, 3.63) is 29.8 Å². The maximum Gasteiger partial charge on any atom is 0.365 e. The molecule has 1 aromatic heterocycles. The van der Waals surface area contributed by atoms with Gasteiger partial charge < -0.3 is 5.32 Å². The van der Waals surface area contributed by atoms with Gasteiger partial charge in [0, 0.05) is 11.9 Å². The Morgan fingerprint density at radius 3 is 2.57 bits per heavy atom. The van der Waals surface area contributed by atoms with E-state index in [4.69, 9.17) is 0 Å². The summed E-state index contributed by atoms with van der Waals surface area (Å²) in [6, 6.07) is 3.23. The Kier molecular flexibility index (Phi) is 4.24. The van der Waals surface area contributed by atoms with Crippen LogP contribution in [0.1, 0.15) is 19.2 Å². The van der Waals surface area contributed by atoms with Crippen molar-refractivity contribution in [1.82, 2.24) is 9.97 Å². The second-order valence-corrected chi connectivity index (χ2v) is 4.41. The zero-order valence-corrected chi connectivity index (χ0v) is 11.0. The summed E-state index contributed by atoms with van der Waals surface area (Å²) >= 11 is 0. The van der Waals surface area contributed by atoms with E-state index in [0.717, 1.165) is 18.2 Å². The third kappa shape index (κ3) is 3.03. The number of benzene rings is 1. The molecule has 1 heterocycles. The van der Waals surface area contributed by atoms with Gasteiger partial charge in [-0.15, -0.1) is 0 Å². The van der Waals surface area contributed by atoms with Gasteiger partial charge in [-0.3, -0.25) is 0 Å². The second-order valence-electron chi connectivity index (χ2n) is 4.41. The van der Waals surface area contributed by atoms with Crippen LogP contribution in [0.15, 0.2) is 18.2 Å². The maximum atomic E-state index is 13.4. The van der Waals surface area contributed by atoms with Crippen molar-refractivity contribution < 1.29 is 22.0 Å². The van der Waals surface area contributed by atoms with Gasteiger partial charge in [-0.2, -0.15) is 8.78 Å². The van der Waals surface area contributed by atoms with Crippen LogP contribution in [-0.2, 0) is 5.92 Å². The minimum atomic E-state index is -4.47. The van der Waals surface area contributed by atoms with E-state index >= 15 is 0 Å². The largest absolute Gasteiger partial charge is 0.369 e. The summed E-state index contributed by atoms with van der Waals surface area (Å²) in [5.74, 6) is -6.43. The number of aromatic nitrogens is 2. The third-order valence-corrected chi connectivity index (χ3v) is 2.77. The average molecular weight is 305 g/mol. The Morgan fingerprint density at radius 2 is 1.95 bits per heavy atom. The number of nitrogens with one attached hydrogen (secondary N) is 1. The highest BCUT2D eigenvalue weighted by Gasteiger charge is 2.46. The van der Waals surface area contributed by atoms with Gasteiger partial charge >= 0.3 is 12.3 Å². The molecule has 1 aromatic carbocycles. The molecular weight excluding hydrogens is 293 g/mol. The smallest absolute Gasteiger partial charge is 0.365 e. The van der Waals surface area contributed by atoms with E-state index in [1.807, 2.05) is 6.92 Å². The maximum absolute atomic E-state index is 13.4. The zero-order chi connectivity index (χ0) is 15.6. The minimum Gasteiger partial charge on any atom is -0.369 e. The first-order valence-electron chi connectivity index (χ1n) is 6.24. The fourth-order valence-corrected chi connectivity index (χ4v) is 1.73. The number of alkyl halides is 4. The van der Waals surface area contributed by atoms with Crippen LogP contribution in [0.25, 0.3) is 10.9 Å². The van der Waals surface area contributed by atoms with Gasteiger partial charge in [0.25, 0.3) is 0 Å². The van der Waals surface area contributed by atoms with E-state index in [2.05, 4.69) is 15.3 Å². The zero-order valence-electron chi connectivity index (χ0n) is 11.0. The molecule has 0 aliphatic rings. The van der Waals surface area contributed by atoms with Crippen molar-refractivity contribution in [2.75, 3.05) is 11.9 Å². The number of fused-ring (bicyclic) bond motifs is 1. The Hall–Kier alpha value is -1.99. The van der Waals surface area contributed by atoms with Crippen molar-refractivity contribution >= 4 is 16.7 Å². The molecule has 2 rings (SSSR count). The topological polar surface area (TPSA) is 37.8 Å². The molecule has 0 saturated carbocycles. The summed E-state index contributed by atoms with van der Waals surface area (Å²) in [6.07, 6.45) is -3.27. The number of halogens is 5. The molecule has 3 nitrogen and oxygen atoms in total.